The van der Waals surface area contributed by atoms with Crippen LogP contribution >= 0.6 is 0 Å². The number of benzene rings is 2. The van der Waals surface area contributed by atoms with Crippen molar-refractivity contribution >= 4 is 11.7 Å². The molecule has 0 aromatic heterocycles. The van der Waals surface area contributed by atoms with Crippen LogP contribution in [-0.2, 0) is 0 Å². The van der Waals surface area contributed by atoms with Gasteiger partial charge in [0.25, 0.3) is 0 Å². The molecule has 2 aromatic rings. The highest BCUT2D eigenvalue weighted by atomic mass is 19.1. The molecule has 0 unspecified atom stereocenters. The van der Waals surface area contributed by atoms with E-state index in [0.29, 0.717) is 22.9 Å². The Kier molecular flexibility index (Phi) is 7.04. The highest BCUT2D eigenvalue weighted by molar-refractivity contribution is 5.90. The summed E-state index contributed by atoms with van der Waals surface area (Å²) in [7, 11) is 4.41. The molecule has 146 valence electrons. The Morgan fingerprint density at radius 2 is 1.63 bits per heavy atom. The number of carbonyl (C=O) groups is 1. The maximum absolute atomic E-state index is 13.4. The van der Waals surface area contributed by atoms with Crippen molar-refractivity contribution in [1.29, 1.82) is 0 Å². The highest BCUT2D eigenvalue weighted by Gasteiger charge is 2.14. The lowest BCUT2D eigenvalue weighted by Crippen LogP contribution is -2.32. The standard InChI is InChI=1S/C18H20F2N2O5/c1-24-15-9-12(10-16(25-2)17(15)26-3)22-18(23)21-6-7-27-14-5-4-11(19)8-13(14)20/h4-5,8-10H,6-7H2,1-3H3,(H2,21,22,23). The fraction of sp³-hybridized carbons (Fsp3) is 0.278. The third-order valence-corrected chi connectivity index (χ3v) is 3.46. The number of nitrogens with one attached hydrogen (secondary N) is 2. The minimum absolute atomic E-state index is 0.00519. The molecule has 0 aliphatic heterocycles. The van der Waals surface area contributed by atoms with E-state index in [1.807, 2.05) is 0 Å². The van der Waals surface area contributed by atoms with Crippen molar-refractivity contribution < 1.29 is 32.5 Å². The van der Waals surface area contributed by atoms with Gasteiger partial charge in [0.1, 0.15) is 12.4 Å². The molecule has 7 nitrogen and oxygen atoms in total. The van der Waals surface area contributed by atoms with Crippen LogP contribution in [0.5, 0.6) is 23.0 Å². The molecule has 0 heterocycles. The third-order valence-electron chi connectivity index (χ3n) is 3.46. The summed E-state index contributed by atoms with van der Waals surface area (Å²) in [5.41, 5.74) is 0.424. The zero-order valence-corrected chi connectivity index (χ0v) is 15.1. The molecule has 2 N–H and O–H groups in total. The van der Waals surface area contributed by atoms with E-state index in [2.05, 4.69) is 10.6 Å². The maximum atomic E-state index is 13.4. The minimum atomic E-state index is -0.808. The van der Waals surface area contributed by atoms with Crippen LogP contribution in [0.3, 0.4) is 0 Å². The van der Waals surface area contributed by atoms with Gasteiger partial charge in [-0.1, -0.05) is 0 Å². The fourth-order valence-electron chi connectivity index (χ4n) is 2.25. The van der Waals surface area contributed by atoms with Crippen molar-refractivity contribution in [2.45, 2.75) is 0 Å². The molecule has 0 fully saturated rings. The largest absolute Gasteiger partial charge is 0.493 e. The van der Waals surface area contributed by atoms with E-state index in [1.165, 1.54) is 27.4 Å². The summed E-state index contributed by atoms with van der Waals surface area (Å²) in [4.78, 5) is 12.0. The van der Waals surface area contributed by atoms with Crippen LogP contribution < -0.4 is 29.6 Å². The van der Waals surface area contributed by atoms with E-state index >= 15 is 0 Å². The number of amides is 2. The highest BCUT2D eigenvalue weighted by Crippen LogP contribution is 2.39. The van der Waals surface area contributed by atoms with Gasteiger partial charge in [-0.15, -0.1) is 0 Å². The van der Waals surface area contributed by atoms with E-state index in [9.17, 15) is 13.6 Å². The summed E-state index contributed by atoms with van der Waals surface area (Å²) >= 11 is 0. The zero-order chi connectivity index (χ0) is 19.8. The lowest BCUT2D eigenvalue weighted by molar-refractivity contribution is 0.246. The van der Waals surface area contributed by atoms with Gasteiger partial charge >= 0.3 is 6.03 Å². The van der Waals surface area contributed by atoms with Crippen LogP contribution in [0.2, 0.25) is 0 Å². The van der Waals surface area contributed by atoms with Crippen LogP contribution in [0.4, 0.5) is 19.3 Å². The average molecular weight is 382 g/mol. The van der Waals surface area contributed by atoms with Crippen LogP contribution in [0, 0.1) is 11.6 Å². The summed E-state index contributed by atoms with van der Waals surface area (Å²) in [5, 5.41) is 5.17. The Morgan fingerprint density at radius 1 is 0.963 bits per heavy atom. The first kappa shape index (κ1) is 20.1. The molecule has 27 heavy (non-hydrogen) atoms. The molecule has 0 bridgehead atoms. The number of halogens is 2. The SMILES string of the molecule is COc1cc(NC(=O)NCCOc2ccc(F)cc2F)cc(OC)c1OC. The molecule has 2 aromatic carbocycles. The maximum Gasteiger partial charge on any atom is 0.319 e. The predicted molar refractivity (Wildman–Crippen MR) is 95.0 cm³/mol. The van der Waals surface area contributed by atoms with Gasteiger partial charge in [0.05, 0.1) is 33.6 Å². The normalized spacial score (nSPS) is 10.1. The molecule has 0 atom stereocenters. The van der Waals surface area contributed by atoms with E-state index in [0.717, 1.165) is 12.1 Å². The van der Waals surface area contributed by atoms with Gasteiger partial charge in [-0.3, -0.25) is 0 Å². The van der Waals surface area contributed by atoms with Gasteiger partial charge < -0.3 is 29.6 Å². The van der Waals surface area contributed by atoms with Crippen molar-refractivity contribution in [3.63, 3.8) is 0 Å². The van der Waals surface area contributed by atoms with Gasteiger partial charge in [0.15, 0.2) is 23.1 Å². The van der Waals surface area contributed by atoms with Gasteiger partial charge in [0.2, 0.25) is 5.75 Å². The smallest absolute Gasteiger partial charge is 0.319 e. The number of hydrogen-bond acceptors (Lipinski definition) is 5. The van der Waals surface area contributed by atoms with Gasteiger partial charge in [-0.05, 0) is 12.1 Å². The van der Waals surface area contributed by atoms with Crippen molar-refractivity contribution in [3.05, 3.63) is 42.0 Å². The monoisotopic (exact) mass is 382 g/mol. The molecule has 9 heteroatoms. The van der Waals surface area contributed by atoms with E-state index < -0.39 is 17.7 Å². The fourth-order valence-corrected chi connectivity index (χ4v) is 2.25. The first-order valence-electron chi connectivity index (χ1n) is 7.91. The number of urea groups is 1. The number of ether oxygens (including phenoxy) is 4. The average Bonchev–Trinajstić information content (AvgIpc) is 2.65. The van der Waals surface area contributed by atoms with Crippen LogP contribution in [-0.4, -0.2) is 40.5 Å². The molecule has 0 saturated carbocycles. The molecule has 2 amide bonds. The first-order valence-corrected chi connectivity index (χ1v) is 7.91. The Hall–Kier alpha value is -3.23. The Balaban J connectivity index is 1.88. The molecule has 0 aliphatic carbocycles. The van der Waals surface area contributed by atoms with Crippen molar-refractivity contribution in [2.24, 2.45) is 0 Å². The Bertz CT molecular complexity index is 776. The predicted octanol–water partition coefficient (Wildman–Crippen LogP) is 3.19. The van der Waals surface area contributed by atoms with Crippen LogP contribution in [0.1, 0.15) is 0 Å². The number of hydrogen-bond donors (Lipinski definition) is 2. The van der Waals surface area contributed by atoms with Crippen molar-refractivity contribution in [3.8, 4) is 23.0 Å². The van der Waals surface area contributed by atoms with Crippen LogP contribution in [0.25, 0.3) is 0 Å². The number of methoxy groups -OCH3 is 3. The number of carbonyl (C=O) groups excluding carboxylic acids is 1. The summed E-state index contributed by atoms with van der Waals surface area (Å²) < 4.78 is 47.0. The quantitative estimate of drug-likeness (QED) is 0.686. The topological polar surface area (TPSA) is 78.1 Å². The van der Waals surface area contributed by atoms with Gasteiger partial charge in [-0.25, -0.2) is 13.6 Å². The van der Waals surface area contributed by atoms with Crippen molar-refractivity contribution in [1.82, 2.24) is 5.32 Å². The molecule has 0 spiro atoms. The third kappa shape index (κ3) is 5.37. The van der Waals surface area contributed by atoms with E-state index in [1.54, 1.807) is 12.1 Å². The van der Waals surface area contributed by atoms with E-state index in [-0.39, 0.29) is 18.9 Å². The van der Waals surface area contributed by atoms with Crippen molar-refractivity contribution in [2.75, 3.05) is 39.8 Å². The second-order valence-corrected chi connectivity index (χ2v) is 5.22. The summed E-state index contributed by atoms with van der Waals surface area (Å²) in [6.07, 6.45) is 0. The van der Waals surface area contributed by atoms with Gasteiger partial charge in [0, 0.05) is 18.2 Å². The molecule has 0 radical (unpaired) electrons. The summed E-state index contributed by atoms with van der Waals surface area (Å²) in [5.74, 6) is -0.409. The first-order chi connectivity index (χ1) is 13.0. The summed E-state index contributed by atoms with van der Waals surface area (Å²) in [6, 6.07) is 5.63. The molecule has 0 saturated heterocycles. The van der Waals surface area contributed by atoms with Crippen LogP contribution in [0.15, 0.2) is 30.3 Å². The second-order valence-electron chi connectivity index (χ2n) is 5.22. The van der Waals surface area contributed by atoms with E-state index in [4.69, 9.17) is 18.9 Å². The lowest BCUT2D eigenvalue weighted by Gasteiger charge is -2.15. The van der Waals surface area contributed by atoms with Gasteiger partial charge in [-0.2, -0.15) is 0 Å². The molecular formula is C18H20F2N2O5. The number of anilines is 1. The molecule has 2 rings (SSSR count). The Morgan fingerprint density at radius 3 is 2.19 bits per heavy atom. The minimum Gasteiger partial charge on any atom is -0.493 e. The summed E-state index contributed by atoms with van der Waals surface area (Å²) in [6.45, 7) is 0.109. The Labute approximate surface area is 155 Å². The second kappa shape index (κ2) is 9.46. The lowest BCUT2D eigenvalue weighted by atomic mass is 10.2. The molecule has 0 aliphatic rings. The molecular weight excluding hydrogens is 362 g/mol. The zero-order valence-electron chi connectivity index (χ0n) is 15.1. The number of rotatable bonds is 8.